The highest BCUT2D eigenvalue weighted by Gasteiger charge is 2.08. The van der Waals surface area contributed by atoms with Crippen molar-refractivity contribution in [2.45, 2.75) is 0 Å². The highest BCUT2D eigenvalue weighted by molar-refractivity contribution is 5.82. The van der Waals surface area contributed by atoms with E-state index in [2.05, 4.69) is 0 Å². The number of nitrogens with zero attached hydrogens (tertiary/aromatic N) is 1. The molecule has 2 aromatic rings. The molecule has 0 radical (unpaired) electrons. The molecule has 2 rings (SSSR count). The Morgan fingerprint density at radius 2 is 1.81 bits per heavy atom. The van der Waals surface area contributed by atoms with Crippen molar-refractivity contribution in [3.63, 3.8) is 0 Å². The lowest BCUT2D eigenvalue weighted by atomic mass is 10.1. The van der Waals surface area contributed by atoms with Gasteiger partial charge in [-0.3, -0.25) is 4.79 Å². The smallest absolute Gasteiger partial charge is 0.169 e. The van der Waals surface area contributed by atoms with Crippen LogP contribution in [0, 0.1) is 0 Å². The second-order valence-electron chi connectivity index (χ2n) is 4.41. The standard InChI is InChI=1S/C16H15NO3.HI/c1-17-7-5-12(6-8-17)3-4-14-9-13(11-18)10-15(20-2)16(14)19;/h3-11H,1-2H3;1H. The summed E-state index contributed by atoms with van der Waals surface area (Å²) < 4.78 is 6.99. The first-order valence-corrected chi connectivity index (χ1v) is 6.13. The predicted molar refractivity (Wildman–Crippen MR) is 76.6 cm³/mol. The van der Waals surface area contributed by atoms with Gasteiger partial charge in [0, 0.05) is 23.3 Å². The number of phenolic OH excluding ortho intramolecular Hbond substituents is 1. The Morgan fingerprint density at radius 1 is 1.14 bits per heavy atom. The summed E-state index contributed by atoms with van der Waals surface area (Å²) >= 11 is 0. The molecule has 1 aromatic heterocycles. The van der Waals surface area contributed by atoms with Gasteiger partial charge in [0.05, 0.1) is 7.11 Å². The van der Waals surface area contributed by atoms with Crippen molar-refractivity contribution in [2.24, 2.45) is 7.05 Å². The van der Waals surface area contributed by atoms with E-state index in [1.54, 1.807) is 12.1 Å². The lowest BCUT2D eigenvalue weighted by molar-refractivity contribution is -0.671. The van der Waals surface area contributed by atoms with E-state index in [0.717, 1.165) is 11.8 Å². The van der Waals surface area contributed by atoms with Crippen LogP contribution in [0.2, 0.25) is 0 Å². The number of hydrogen-bond acceptors (Lipinski definition) is 3. The molecule has 0 amide bonds. The molecule has 0 atom stereocenters. The highest BCUT2D eigenvalue weighted by Crippen LogP contribution is 2.32. The Bertz CT molecular complexity index is 651. The maximum absolute atomic E-state index is 10.9. The van der Waals surface area contributed by atoms with Gasteiger partial charge in [0.2, 0.25) is 0 Å². The van der Waals surface area contributed by atoms with Crippen LogP contribution in [0.1, 0.15) is 21.5 Å². The van der Waals surface area contributed by atoms with Crippen LogP contribution in [-0.4, -0.2) is 18.5 Å². The number of aromatic nitrogens is 1. The van der Waals surface area contributed by atoms with Crippen LogP contribution in [0.3, 0.4) is 0 Å². The van der Waals surface area contributed by atoms with E-state index in [1.807, 2.05) is 42.2 Å². The number of carbonyl (C=O) groups is 1. The summed E-state index contributed by atoms with van der Waals surface area (Å²) in [7, 11) is 3.39. The Morgan fingerprint density at radius 3 is 2.38 bits per heavy atom. The monoisotopic (exact) mass is 397 g/mol. The van der Waals surface area contributed by atoms with Gasteiger partial charge in [-0.1, -0.05) is 12.2 Å². The molecule has 5 heteroatoms. The minimum atomic E-state index is 0. The summed E-state index contributed by atoms with van der Waals surface area (Å²) in [5.74, 6) is 0.310. The molecule has 0 saturated heterocycles. The number of ether oxygens (including phenoxy) is 1. The van der Waals surface area contributed by atoms with Gasteiger partial charge in [-0.05, 0) is 17.7 Å². The largest absolute Gasteiger partial charge is 1.00 e. The van der Waals surface area contributed by atoms with E-state index < -0.39 is 0 Å². The lowest BCUT2D eigenvalue weighted by Gasteiger charge is -2.07. The number of benzene rings is 1. The number of aldehydes is 1. The fraction of sp³-hybridized carbons (Fsp3) is 0.125. The summed E-state index contributed by atoms with van der Waals surface area (Å²) in [5.41, 5.74) is 2.00. The minimum absolute atomic E-state index is 0. The zero-order chi connectivity index (χ0) is 14.5. The third-order valence-corrected chi connectivity index (χ3v) is 2.94. The molecular formula is C16H16INO3. The van der Waals surface area contributed by atoms with Crippen molar-refractivity contribution >= 4 is 18.4 Å². The zero-order valence-electron chi connectivity index (χ0n) is 11.8. The second kappa shape index (κ2) is 7.78. The maximum Gasteiger partial charge on any atom is 0.169 e. The summed E-state index contributed by atoms with van der Waals surface area (Å²) in [6.07, 6.45) is 8.20. The Hall–Kier alpha value is -1.89. The van der Waals surface area contributed by atoms with Crippen molar-refractivity contribution < 1.29 is 43.2 Å². The first-order chi connectivity index (χ1) is 9.63. The summed E-state index contributed by atoms with van der Waals surface area (Å²) in [5, 5.41) is 10.0. The molecular weight excluding hydrogens is 381 g/mol. The van der Waals surface area contributed by atoms with Gasteiger partial charge < -0.3 is 33.8 Å². The van der Waals surface area contributed by atoms with Crippen molar-refractivity contribution in [1.29, 1.82) is 0 Å². The van der Waals surface area contributed by atoms with Crippen molar-refractivity contribution in [3.8, 4) is 11.5 Å². The van der Waals surface area contributed by atoms with Gasteiger partial charge in [-0.2, -0.15) is 0 Å². The van der Waals surface area contributed by atoms with E-state index in [4.69, 9.17) is 4.74 Å². The van der Waals surface area contributed by atoms with Gasteiger partial charge in [0.1, 0.15) is 13.3 Å². The number of aromatic hydroxyl groups is 1. The Balaban J connectivity index is 0.00000220. The number of rotatable bonds is 4. The van der Waals surface area contributed by atoms with Crippen LogP contribution >= 0.6 is 0 Å². The van der Waals surface area contributed by atoms with E-state index in [0.29, 0.717) is 11.1 Å². The SMILES string of the molecule is COc1cc(C=O)cc(/C=C/c2cc[n+](C)cc2)c1O.[I-]. The first-order valence-electron chi connectivity index (χ1n) is 6.13. The fourth-order valence-electron chi connectivity index (χ4n) is 1.81. The quantitative estimate of drug-likeness (QED) is 0.418. The lowest BCUT2D eigenvalue weighted by Crippen LogP contribution is -3.00. The van der Waals surface area contributed by atoms with Gasteiger partial charge >= 0.3 is 0 Å². The molecule has 21 heavy (non-hydrogen) atoms. The number of carbonyl (C=O) groups excluding carboxylic acids is 1. The summed E-state index contributed by atoms with van der Waals surface area (Å²) in [6, 6.07) is 7.02. The second-order valence-corrected chi connectivity index (χ2v) is 4.41. The molecule has 0 unspecified atom stereocenters. The topological polar surface area (TPSA) is 50.4 Å². The highest BCUT2D eigenvalue weighted by atomic mass is 127. The molecule has 0 bridgehead atoms. The van der Waals surface area contributed by atoms with Gasteiger partial charge in [-0.15, -0.1) is 0 Å². The van der Waals surface area contributed by atoms with E-state index >= 15 is 0 Å². The van der Waals surface area contributed by atoms with Crippen LogP contribution in [0.4, 0.5) is 0 Å². The average molecular weight is 397 g/mol. The number of phenols is 1. The molecule has 1 N–H and O–H groups in total. The Labute approximate surface area is 140 Å². The van der Waals surface area contributed by atoms with Gasteiger partial charge in [0.25, 0.3) is 0 Å². The number of hydrogen-bond donors (Lipinski definition) is 1. The molecule has 4 nitrogen and oxygen atoms in total. The van der Waals surface area contributed by atoms with Crippen LogP contribution in [-0.2, 0) is 7.05 Å². The number of methoxy groups -OCH3 is 1. The van der Waals surface area contributed by atoms with Crippen LogP contribution in [0.5, 0.6) is 11.5 Å². The van der Waals surface area contributed by atoms with Gasteiger partial charge in [0.15, 0.2) is 23.9 Å². The van der Waals surface area contributed by atoms with Crippen LogP contribution in [0.15, 0.2) is 36.7 Å². The van der Waals surface area contributed by atoms with Crippen LogP contribution in [0.25, 0.3) is 12.2 Å². The predicted octanol–water partition coefficient (Wildman–Crippen LogP) is -0.788. The molecule has 1 aromatic carbocycles. The molecule has 0 spiro atoms. The molecule has 110 valence electrons. The number of aryl methyl sites for hydroxylation is 1. The third-order valence-electron chi connectivity index (χ3n) is 2.94. The minimum Gasteiger partial charge on any atom is -1.00 e. The fourth-order valence-corrected chi connectivity index (χ4v) is 1.81. The Kier molecular flexibility index (Phi) is 6.36. The van der Waals surface area contributed by atoms with Crippen molar-refractivity contribution in [1.82, 2.24) is 0 Å². The average Bonchev–Trinajstić information content (AvgIpc) is 2.48. The molecule has 0 fully saturated rings. The van der Waals surface area contributed by atoms with Gasteiger partial charge in [-0.25, -0.2) is 4.57 Å². The normalized spacial score (nSPS) is 10.2. The number of halogens is 1. The first kappa shape index (κ1) is 17.2. The van der Waals surface area contributed by atoms with Crippen molar-refractivity contribution in [3.05, 3.63) is 53.3 Å². The number of pyridine rings is 1. The van der Waals surface area contributed by atoms with E-state index in [1.165, 1.54) is 13.2 Å². The molecule has 0 aliphatic carbocycles. The molecule has 1 heterocycles. The van der Waals surface area contributed by atoms with Crippen LogP contribution < -0.4 is 33.3 Å². The zero-order valence-corrected chi connectivity index (χ0v) is 13.9. The third kappa shape index (κ3) is 4.29. The van der Waals surface area contributed by atoms with Crippen molar-refractivity contribution in [2.75, 3.05) is 7.11 Å². The van der Waals surface area contributed by atoms with E-state index in [9.17, 15) is 9.90 Å². The molecule has 0 aliphatic heterocycles. The summed E-state index contributed by atoms with van der Waals surface area (Å²) in [4.78, 5) is 10.9. The molecule has 0 aliphatic rings. The maximum atomic E-state index is 10.9. The van der Waals surface area contributed by atoms with E-state index in [-0.39, 0.29) is 35.5 Å². The molecule has 0 saturated carbocycles. The summed E-state index contributed by atoms with van der Waals surface area (Å²) in [6.45, 7) is 0.